The van der Waals surface area contributed by atoms with Crippen molar-refractivity contribution in [3.63, 3.8) is 0 Å². The van der Waals surface area contributed by atoms with Crippen molar-refractivity contribution in [1.82, 2.24) is 0 Å². The molecule has 174 valence electrons. The fourth-order valence-electron chi connectivity index (χ4n) is 3.39. The lowest BCUT2D eigenvalue weighted by Gasteiger charge is -2.13. The molecule has 3 aromatic carbocycles. The van der Waals surface area contributed by atoms with E-state index in [1.54, 1.807) is 12.1 Å². The highest BCUT2D eigenvalue weighted by Gasteiger charge is 2.39. The van der Waals surface area contributed by atoms with Crippen molar-refractivity contribution in [3.8, 4) is 28.4 Å². The Morgan fingerprint density at radius 2 is 1.50 bits per heavy atom. The summed E-state index contributed by atoms with van der Waals surface area (Å²) in [7, 11) is 2.83. The van der Waals surface area contributed by atoms with E-state index < -0.39 is 28.9 Å². The number of ether oxygens (including phenoxy) is 3. The van der Waals surface area contributed by atoms with E-state index in [-0.39, 0.29) is 27.8 Å². The van der Waals surface area contributed by atoms with Crippen molar-refractivity contribution >= 4 is 16.9 Å². The Hall–Kier alpha value is -4.27. The molecule has 0 bridgehead atoms. The third-order valence-corrected chi connectivity index (χ3v) is 4.98. The van der Waals surface area contributed by atoms with Crippen molar-refractivity contribution in [3.05, 3.63) is 88.3 Å². The molecule has 4 rings (SSSR count). The molecule has 4 aromatic rings. The van der Waals surface area contributed by atoms with Crippen LogP contribution in [0, 0.1) is 0 Å². The highest BCUT2D eigenvalue weighted by Crippen LogP contribution is 2.37. The number of carbonyl (C=O) groups is 1. The molecular weight excluding hydrogens is 453 g/mol. The average molecular weight is 470 g/mol. The molecule has 0 N–H and O–H groups in total. The molecular formula is C25H17F3O6. The zero-order valence-corrected chi connectivity index (χ0v) is 17.9. The quantitative estimate of drug-likeness (QED) is 0.275. The van der Waals surface area contributed by atoms with Gasteiger partial charge in [-0.25, -0.2) is 4.79 Å². The van der Waals surface area contributed by atoms with Crippen LogP contribution < -0.4 is 19.6 Å². The Morgan fingerprint density at radius 3 is 2.09 bits per heavy atom. The van der Waals surface area contributed by atoms with E-state index in [1.165, 1.54) is 62.8 Å². The van der Waals surface area contributed by atoms with E-state index in [2.05, 4.69) is 0 Å². The molecule has 0 spiro atoms. The fraction of sp³-hybridized carbons (Fsp3) is 0.120. The number of rotatable bonds is 5. The molecule has 34 heavy (non-hydrogen) atoms. The molecule has 0 fully saturated rings. The van der Waals surface area contributed by atoms with Gasteiger partial charge in [0.2, 0.25) is 11.2 Å². The van der Waals surface area contributed by atoms with Crippen molar-refractivity contribution in [1.29, 1.82) is 0 Å². The monoisotopic (exact) mass is 470 g/mol. The summed E-state index contributed by atoms with van der Waals surface area (Å²) in [6, 6.07) is 15.5. The molecule has 0 saturated heterocycles. The van der Waals surface area contributed by atoms with E-state index in [1.807, 2.05) is 0 Å². The van der Waals surface area contributed by atoms with Gasteiger partial charge in [-0.2, -0.15) is 13.2 Å². The summed E-state index contributed by atoms with van der Waals surface area (Å²) in [6.45, 7) is 0. The van der Waals surface area contributed by atoms with Crippen LogP contribution in [0.1, 0.15) is 16.1 Å². The molecule has 0 aliphatic carbocycles. The van der Waals surface area contributed by atoms with Crippen molar-refractivity contribution in [2.24, 2.45) is 0 Å². The second kappa shape index (κ2) is 8.93. The summed E-state index contributed by atoms with van der Waals surface area (Å²) in [4.78, 5) is 25.6. The first-order chi connectivity index (χ1) is 16.2. The summed E-state index contributed by atoms with van der Waals surface area (Å²) in [5, 5.41) is -0.0882. The highest BCUT2D eigenvalue weighted by atomic mass is 19.4. The number of halogens is 3. The maximum atomic E-state index is 13.8. The number of fused-ring (bicyclic) bond motifs is 1. The molecule has 0 amide bonds. The van der Waals surface area contributed by atoms with E-state index >= 15 is 0 Å². The summed E-state index contributed by atoms with van der Waals surface area (Å²) < 4.78 is 62.0. The largest absolute Gasteiger partial charge is 0.497 e. The summed E-state index contributed by atoms with van der Waals surface area (Å²) >= 11 is 0. The van der Waals surface area contributed by atoms with E-state index in [4.69, 9.17) is 18.6 Å². The SMILES string of the molecule is COc1cc(OC)cc(C(=O)Oc2ccc3c(=O)c(-c4ccccc4)c(C(F)(F)F)oc3c2)c1. The van der Waals surface area contributed by atoms with Crippen LogP contribution in [0.2, 0.25) is 0 Å². The first-order valence-electron chi connectivity index (χ1n) is 9.90. The molecule has 0 radical (unpaired) electrons. The van der Waals surface area contributed by atoms with Gasteiger partial charge >= 0.3 is 12.1 Å². The Morgan fingerprint density at radius 1 is 0.853 bits per heavy atom. The normalized spacial score (nSPS) is 11.3. The molecule has 0 saturated carbocycles. The van der Waals surface area contributed by atoms with Gasteiger partial charge in [-0.15, -0.1) is 0 Å². The average Bonchev–Trinajstić information content (AvgIpc) is 2.83. The standard InChI is InChI=1S/C25H17F3O6/c1-31-17-10-15(11-18(12-17)32-2)24(30)33-16-8-9-19-20(13-16)34-23(25(26,27)28)21(22(19)29)14-6-4-3-5-7-14/h3-13H,1-2H3. The maximum absolute atomic E-state index is 13.8. The number of benzene rings is 3. The minimum absolute atomic E-state index is 0.0768. The lowest BCUT2D eigenvalue weighted by Crippen LogP contribution is -2.16. The van der Waals surface area contributed by atoms with Gasteiger partial charge in [-0.05, 0) is 29.8 Å². The number of hydrogen-bond acceptors (Lipinski definition) is 6. The van der Waals surface area contributed by atoms with Crippen LogP contribution in [0.4, 0.5) is 13.2 Å². The van der Waals surface area contributed by atoms with Crippen molar-refractivity contribution in [2.45, 2.75) is 6.18 Å². The molecule has 6 nitrogen and oxygen atoms in total. The maximum Gasteiger partial charge on any atom is 0.450 e. The predicted octanol–water partition coefficient (Wildman–Crippen LogP) is 5.72. The second-order valence-corrected chi connectivity index (χ2v) is 7.15. The highest BCUT2D eigenvalue weighted by molar-refractivity contribution is 5.93. The van der Waals surface area contributed by atoms with Crippen LogP contribution >= 0.6 is 0 Å². The minimum Gasteiger partial charge on any atom is -0.497 e. The molecule has 0 aliphatic rings. The van der Waals surface area contributed by atoms with Gasteiger partial charge in [0, 0.05) is 12.1 Å². The molecule has 1 heterocycles. The van der Waals surface area contributed by atoms with Gasteiger partial charge in [0.05, 0.1) is 30.7 Å². The fourth-order valence-corrected chi connectivity index (χ4v) is 3.39. The first-order valence-corrected chi connectivity index (χ1v) is 9.90. The number of alkyl halides is 3. The van der Waals surface area contributed by atoms with Crippen LogP contribution in [-0.2, 0) is 6.18 Å². The lowest BCUT2D eigenvalue weighted by atomic mass is 10.0. The zero-order chi connectivity index (χ0) is 24.5. The summed E-state index contributed by atoms with van der Waals surface area (Å²) in [5.74, 6) is -1.66. The van der Waals surface area contributed by atoms with Crippen LogP contribution in [0.3, 0.4) is 0 Å². The lowest BCUT2D eigenvalue weighted by molar-refractivity contribution is -0.152. The van der Waals surface area contributed by atoms with Crippen LogP contribution in [-0.4, -0.2) is 20.2 Å². The predicted molar refractivity (Wildman–Crippen MR) is 117 cm³/mol. The zero-order valence-electron chi connectivity index (χ0n) is 17.9. The molecule has 0 aliphatic heterocycles. The third kappa shape index (κ3) is 4.45. The molecule has 1 aromatic heterocycles. The topological polar surface area (TPSA) is 75.0 Å². The van der Waals surface area contributed by atoms with Gasteiger partial charge in [-0.3, -0.25) is 4.79 Å². The van der Waals surface area contributed by atoms with Gasteiger partial charge in [-0.1, -0.05) is 30.3 Å². The van der Waals surface area contributed by atoms with Gasteiger partial charge in [0.25, 0.3) is 0 Å². The Kier molecular flexibility index (Phi) is 6.02. The molecule has 0 unspecified atom stereocenters. The van der Waals surface area contributed by atoms with E-state index in [0.717, 1.165) is 6.07 Å². The van der Waals surface area contributed by atoms with Gasteiger partial charge in [0.15, 0.2) is 0 Å². The van der Waals surface area contributed by atoms with Crippen LogP contribution in [0.15, 0.2) is 75.9 Å². The minimum atomic E-state index is -4.93. The molecule has 0 atom stereocenters. The van der Waals surface area contributed by atoms with Gasteiger partial charge in [0.1, 0.15) is 22.8 Å². The third-order valence-electron chi connectivity index (χ3n) is 4.98. The Balaban J connectivity index is 1.78. The molecule has 9 heteroatoms. The number of hydrogen-bond donors (Lipinski definition) is 0. The van der Waals surface area contributed by atoms with Gasteiger partial charge < -0.3 is 18.6 Å². The number of methoxy groups -OCH3 is 2. The van der Waals surface area contributed by atoms with Crippen LogP contribution in [0.25, 0.3) is 22.1 Å². The second-order valence-electron chi connectivity index (χ2n) is 7.15. The number of esters is 1. The Bertz CT molecular complexity index is 1400. The van der Waals surface area contributed by atoms with E-state index in [9.17, 15) is 22.8 Å². The first kappa shape index (κ1) is 22.9. The summed E-state index contributed by atoms with van der Waals surface area (Å²) in [5.41, 5.74) is -1.64. The van der Waals surface area contributed by atoms with E-state index in [0.29, 0.717) is 11.5 Å². The van der Waals surface area contributed by atoms with Crippen molar-refractivity contribution in [2.75, 3.05) is 14.2 Å². The summed E-state index contributed by atoms with van der Waals surface area (Å²) in [6.07, 6.45) is -4.93. The smallest absolute Gasteiger partial charge is 0.450 e. The Labute approximate surface area is 191 Å². The van der Waals surface area contributed by atoms with Crippen LogP contribution in [0.5, 0.6) is 17.2 Å². The van der Waals surface area contributed by atoms with Crippen molar-refractivity contribution < 1.29 is 36.6 Å². The number of carbonyl (C=O) groups excluding carboxylic acids is 1.